The Hall–Kier alpha value is -1.06. The van der Waals surface area contributed by atoms with Gasteiger partial charge in [0.05, 0.1) is 0 Å². The molecule has 0 aromatic carbocycles. The number of hydrogen-bond donors (Lipinski definition) is 2. The van der Waals surface area contributed by atoms with Gasteiger partial charge in [-0.3, -0.25) is 5.43 Å². The number of carbonyl (C=O) groups is 1. The summed E-state index contributed by atoms with van der Waals surface area (Å²) in [7, 11) is 0. The van der Waals surface area contributed by atoms with Crippen molar-refractivity contribution >= 4 is 11.7 Å². The summed E-state index contributed by atoms with van der Waals surface area (Å²) in [4.78, 5) is 10.3. The molecule has 0 spiro atoms. The Balaban J connectivity index is 2.43. The second-order valence-electron chi connectivity index (χ2n) is 2.26. The van der Waals surface area contributed by atoms with Crippen molar-refractivity contribution in [1.29, 1.82) is 0 Å². The van der Waals surface area contributed by atoms with Gasteiger partial charge < -0.3 is 5.11 Å². The fourth-order valence-corrected chi connectivity index (χ4v) is 0.862. The van der Waals surface area contributed by atoms with Crippen LogP contribution in [0.25, 0.3) is 0 Å². The number of rotatable bonds is 2. The smallest absolute Gasteiger partial charge is 0.328 e. The maximum Gasteiger partial charge on any atom is 0.328 e. The highest BCUT2D eigenvalue weighted by molar-refractivity contribution is 5.91. The van der Waals surface area contributed by atoms with Gasteiger partial charge in [0.2, 0.25) is 0 Å². The Kier molecular flexibility index (Phi) is 1.89. The molecule has 10 heavy (non-hydrogen) atoms. The monoisotopic (exact) mass is 142 g/mol. The zero-order valence-electron chi connectivity index (χ0n) is 5.79. The lowest BCUT2D eigenvalue weighted by atomic mass is 10.1. The fourth-order valence-electron chi connectivity index (χ4n) is 0.862. The summed E-state index contributed by atoms with van der Waals surface area (Å²) in [6, 6.07) is -0.491. The van der Waals surface area contributed by atoms with Crippen LogP contribution in [0.2, 0.25) is 0 Å². The van der Waals surface area contributed by atoms with Gasteiger partial charge in [0.1, 0.15) is 6.04 Å². The molecule has 0 bridgehead atoms. The van der Waals surface area contributed by atoms with Crippen LogP contribution in [0.3, 0.4) is 0 Å². The topological polar surface area (TPSA) is 61.7 Å². The minimum Gasteiger partial charge on any atom is -0.480 e. The zero-order valence-corrected chi connectivity index (χ0v) is 5.79. The van der Waals surface area contributed by atoms with Crippen LogP contribution in [0.5, 0.6) is 0 Å². The molecule has 0 saturated carbocycles. The van der Waals surface area contributed by atoms with Gasteiger partial charge in [-0.2, -0.15) is 5.10 Å². The van der Waals surface area contributed by atoms with Crippen molar-refractivity contribution in [3.63, 3.8) is 0 Å². The Morgan fingerprint density at radius 2 is 2.70 bits per heavy atom. The van der Waals surface area contributed by atoms with Gasteiger partial charge in [0, 0.05) is 12.1 Å². The van der Waals surface area contributed by atoms with Crippen LogP contribution in [0.15, 0.2) is 5.10 Å². The normalized spacial score (nSPS) is 23.7. The lowest BCUT2D eigenvalue weighted by Crippen LogP contribution is -2.29. The molecule has 1 aliphatic rings. The number of hydrogen-bond acceptors (Lipinski definition) is 3. The molecule has 0 aliphatic carbocycles. The Morgan fingerprint density at radius 3 is 3.00 bits per heavy atom. The second kappa shape index (κ2) is 2.68. The predicted octanol–water partition coefficient (Wildman–Crippen LogP) is 0.199. The fraction of sp³-hybridized carbons (Fsp3) is 0.667. The van der Waals surface area contributed by atoms with E-state index < -0.39 is 12.0 Å². The van der Waals surface area contributed by atoms with Gasteiger partial charge in [-0.15, -0.1) is 0 Å². The lowest BCUT2D eigenvalue weighted by Gasteiger charge is -2.00. The lowest BCUT2D eigenvalue weighted by molar-refractivity contribution is -0.139. The number of carboxylic acids is 1. The Labute approximate surface area is 58.9 Å². The first kappa shape index (κ1) is 7.05. The molecule has 1 rings (SSSR count). The highest BCUT2D eigenvalue weighted by atomic mass is 16.4. The molecule has 0 fully saturated rings. The maximum absolute atomic E-state index is 10.3. The van der Waals surface area contributed by atoms with Gasteiger partial charge in [-0.25, -0.2) is 4.79 Å². The quantitative estimate of drug-likeness (QED) is 0.579. The Bertz CT molecular complexity index is 177. The number of nitrogens with zero attached hydrogens (tertiary/aromatic N) is 1. The van der Waals surface area contributed by atoms with E-state index in [9.17, 15) is 4.79 Å². The standard InChI is InChI=1S/C6H10N2O2/c1-2-4-3-5(6(9)10)8-7-4/h5,8H,2-3H2,1H3,(H,9,10). The van der Waals surface area contributed by atoms with E-state index in [2.05, 4.69) is 10.5 Å². The van der Waals surface area contributed by atoms with Crippen molar-refractivity contribution in [2.24, 2.45) is 5.10 Å². The van der Waals surface area contributed by atoms with E-state index in [0.717, 1.165) is 12.1 Å². The molecule has 0 radical (unpaired) electrons. The van der Waals surface area contributed by atoms with Gasteiger partial charge in [-0.05, 0) is 6.42 Å². The summed E-state index contributed by atoms with van der Waals surface area (Å²) >= 11 is 0. The third-order valence-electron chi connectivity index (χ3n) is 1.52. The minimum atomic E-state index is -0.827. The van der Waals surface area contributed by atoms with Crippen molar-refractivity contribution in [3.05, 3.63) is 0 Å². The van der Waals surface area contributed by atoms with E-state index >= 15 is 0 Å². The average molecular weight is 142 g/mol. The van der Waals surface area contributed by atoms with Crippen molar-refractivity contribution < 1.29 is 9.90 Å². The van der Waals surface area contributed by atoms with Crippen molar-refractivity contribution in [2.45, 2.75) is 25.8 Å². The molecular weight excluding hydrogens is 132 g/mol. The predicted molar refractivity (Wildman–Crippen MR) is 36.9 cm³/mol. The minimum absolute atomic E-state index is 0.491. The van der Waals surface area contributed by atoms with Gasteiger partial charge in [-0.1, -0.05) is 6.92 Å². The summed E-state index contributed by atoms with van der Waals surface area (Å²) in [5.74, 6) is -0.827. The van der Waals surface area contributed by atoms with Crippen LogP contribution in [-0.4, -0.2) is 22.8 Å². The molecule has 1 aliphatic heterocycles. The van der Waals surface area contributed by atoms with Crippen LogP contribution in [0.1, 0.15) is 19.8 Å². The zero-order chi connectivity index (χ0) is 7.56. The van der Waals surface area contributed by atoms with Crippen LogP contribution < -0.4 is 5.43 Å². The molecular formula is C6H10N2O2. The highest BCUT2D eigenvalue weighted by Gasteiger charge is 2.22. The van der Waals surface area contributed by atoms with E-state index in [-0.39, 0.29) is 0 Å². The number of aliphatic carboxylic acids is 1. The van der Waals surface area contributed by atoms with Gasteiger partial charge >= 0.3 is 5.97 Å². The van der Waals surface area contributed by atoms with E-state index in [4.69, 9.17) is 5.11 Å². The molecule has 0 amide bonds. The second-order valence-corrected chi connectivity index (χ2v) is 2.26. The van der Waals surface area contributed by atoms with E-state index in [1.807, 2.05) is 6.92 Å². The number of carboxylic acid groups (broad SMARTS) is 1. The third kappa shape index (κ3) is 1.26. The van der Waals surface area contributed by atoms with Crippen molar-refractivity contribution in [2.75, 3.05) is 0 Å². The molecule has 1 unspecified atom stereocenters. The molecule has 1 atom stereocenters. The molecule has 1 heterocycles. The summed E-state index contributed by atoms with van der Waals surface area (Å²) < 4.78 is 0. The first-order valence-electron chi connectivity index (χ1n) is 3.27. The van der Waals surface area contributed by atoms with Crippen molar-refractivity contribution in [3.8, 4) is 0 Å². The molecule has 56 valence electrons. The molecule has 0 aromatic rings. The maximum atomic E-state index is 10.3. The number of nitrogens with one attached hydrogen (secondary N) is 1. The van der Waals surface area contributed by atoms with Crippen LogP contribution in [0, 0.1) is 0 Å². The van der Waals surface area contributed by atoms with E-state index in [1.165, 1.54) is 0 Å². The van der Waals surface area contributed by atoms with E-state index in [1.54, 1.807) is 0 Å². The summed E-state index contributed by atoms with van der Waals surface area (Å²) in [5.41, 5.74) is 3.48. The van der Waals surface area contributed by atoms with E-state index in [0.29, 0.717) is 6.42 Å². The summed E-state index contributed by atoms with van der Waals surface area (Å²) in [6.07, 6.45) is 1.38. The molecule has 0 saturated heterocycles. The largest absolute Gasteiger partial charge is 0.480 e. The molecule has 4 nitrogen and oxygen atoms in total. The van der Waals surface area contributed by atoms with Crippen molar-refractivity contribution in [1.82, 2.24) is 5.43 Å². The highest BCUT2D eigenvalue weighted by Crippen LogP contribution is 2.05. The number of hydrazone groups is 1. The van der Waals surface area contributed by atoms with Crippen LogP contribution >= 0.6 is 0 Å². The van der Waals surface area contributed by atoms with Gasteiger partial charge in [0.15, 0.2) is 0 Å². The molecule has 0 aromatic heterocycles. The summed E-state index contributed by atoms with van der Waals surface area (Å²) in [6.45, 7) is 1.96. The molecule has 4 heteroatoms. The third-order valence-corrected chi connectivity index (χ3v) is 1.52. The average Bonchev–Trinajstić information content (AvgIpc) is 2.34. The van der Waals surface area contributed by atoms with Gasteiger partial charge in [0.25, 0.3) is 0 Å². The Morgan fingerprint density at radius 1 is 2.00 bits per heavy atom. The van der Waals surface area contributed by atoms with Crippen LogP contribution in [-0.2, 0) is 4.79 Å². The first-order chi connectivity index (χ1) is 4.74. The molecule has 2 N–H and O–H groups in total. The SMILES string of the molecule is CCC1=NNC(C(=O)O)C1. The summed E-state index contributed by atoms with van der Waals surface area (Å²) in [5, 5.41) is 12.3. The first-order valence-corrected chi connectivity index (χ1v) is 3.27. The van der Waals surface area contributed by atoms with Crippen LogP contribution in [0.4, 0.5) is 0 Å².